The van der Waals surface area contributed by atoms with Gasteiger partial charge in [0, 0.05) is 12.2 Å². The number of H-pyrrole nitrogens is 2. The average molecular weight is 216 g/mol. The van der Waals surface area contributed by atoms with Gasteiger partial charge in [0.2, 0.25) is 0 Å². The Hall–Kier alpha value is -1.88. The number of aromatic nitrogens is 3. The summed E-state index contributed by atoms with van der Waals surface area (Å²) < 4.78 is 0. The number of fused-ring (bicyclic) bond motifs is 1. The Morgan fingerprint density at radius 2 is 2.31 bits per heavy atom. The molecule has 1 aliphatic heterocycles. The molecular formula is C11H12N4O. The van der Waals surface area contributed by atoms with Gasteiger partial charge in [-0.15, -0.1) is 0 Å². The molecule has 0 spiro atoms. The fraction of sp³-hybridized carbons (Fsp3) is 0.273. The molecule has 16 heavy (non-hydrogen) atoms. The molecule has 0 atom stereocenters. The van der Waals surface area contributed by atoms with E-state index < -0.39 is 0 Å². The Morgan fingerprint density at radius 3 is 3.06 bits per heavy atom. The van der Waals surface area contributed by atoms with Crippen LogP contribution in [-0.4, -0.2) is 28.0 Å². The quantitative estimate of drug-likeness (QED) is 0.654. The maximum absolute atomic E-state index is 11.5. The molecule has 0 amide bonds. The van der Waals surface area contributed by atoms with Gasteiger partial charge in [-0.1, -0.05) is 6.08 Å². The molecule has 3 rings (SSSR count). The second-order valence-electron chi connectivity index (χ2n) is 3.86. The van der Waals surface area contributed by atoms with E-state index in [1.54, 1.807) is 0 Å². The lowest BCUT2D eigenvalue weighted by molar-refractivity contribution is 0.737. The minimum Gasteiger partial charge on any atom is -0.339 e. The largest absolute Gasteiger partial charge is 0.339 e. The Balaban J connectivity index is 2.15. The maximum atomic E-state index is 11.5. The van der Waals surface area contributed by atoms with Crippen LogP contribution in [0.25, 0.3) is 16.6 Å². The second kappa shape index (κ2) is 3.61. The Labute approximate surface area is 91.6 Å². The lowest BCUT2D eigenvalue weighted by Crippen LogP contribution is -2.20. The van der Waals surface area contributed by atoms with E-state index in [-0.39, 0.29) is 5.56 Å². The van der Waals surface area contributed by atoms with Gasteiger partial charge in [0.25, 0.3) is 5.56 Å². The number of nitrogens with zero attached hydrogens (tertiary/aromatic N) is 1. The van der Waals surface area contributed by atoms with Crippen LogP contribution in [0.5, 0.6) is 0 Å². The molecule has 1 aliphatic rings. The van der Waals surface area contributed by atoms with Crippen molar-refractivity contribution in [2.75, 3.05) is 13.1 Å². The van der Waals surface area contributed by atoms with Gasteiger partial charge >= 0.3 is 0 Å². The summed E-state index contributed by atoms with van der Waals surface area (Å²) >= 11 is 0. The predicted octanol–water partition coefficient (Wildman–Crippen LogP) is 0.628. The van der Waals surface area contributed by atoms with Crippen LogP contribution < -0.4 is 10.9 Å². The van der Waals surface area contributed by atoms with Crippen molar-refractivity contribution >= 4 is 16.6 Å². The van der Waals surface area contributed by atoms with E-state index in [4.69, 9.17) is 0 Å². The van der Waals surface area contributed by atoms with E-state index in [9.17, 15) is 4.79 Å². The molecule has 2 aromatic rings. The highest BCUT2D eigenvalue weighted by atomic mass is 16.1. The van der Waals surface area contributed by atoms with Gasteiger partial charge in [-0.05, 0) is 24.6 Å². The first kappa shape index (κ1) is 9.35. The van der Waals surface area contributed by atoms with Gasteiger partial charge in [-0.2, -0.15) is 0 Å². The zero-order chi connectivity index (χ0) is 11.0. The van der Waals surface area contributed by atoms with Crippen molar-refractivity contribution in [3.8, 4) is 0 Å². The van der Waals surface area contributed by atoms with E-state index in [0.717, 1.165) is 25.2 Å². The third kappa shape index (κ3) is 1.45. The molecule has 0 bridgehead atoms. The molecule has 0 unspecified atom stereocenters. The Morgan fingerprint density at radius 1 is 1.38 bits per heavy atom. The van der Waals surface area contributed by atoms with Crippen molar-refractivity contribution in [3.05, 3.63) is 34.5 Å². The van der Waals surface area contributed by atoms with E-state index in [1.807, 2.05) is 6.07 Å². The van der Waals surface area contributed by atoms with Crippen LogP contribution in [0.4, 0.5) is 0 Å². The molecule has 3 N–H and O–H groups in total. The first-order valence-electron chi connectivity index (χ1n) is 5.31. The van der Waals surface area contributed by atoms with Gasteiger partial charge in [-0.3, -0.25) is 4.79 Å². The van der Waals surface area contributed by atoms with Crippen molar-refractivity contribution < 1.29 is 0 Å². The van der Waals surface area contributed by atoms with Crippen LogP contribution in [0, 0.1) is 0 Å². The standard InChI is InChI=1S/C11H12N4O/c16-11-8-5-9(7-1-3-12-4-2-7)15-10(8)13-6-14-11/h1,5-6,12H,2-4H2,(H2,13,14,15,16). The van der Waals surface area contributed by atoms with Gasteiger partial charge < -0.3 is 15.3 Å². The molecule has 0 fully saturated rings. The van der Waals surface area contributed by atoms with Crippen LogP contribution in [-0.2, 0) is 0 Å². The zero-order valence-corrected chi connectivity index (χ0v) is 8.71. The number of rotatable bonds is 1. The molecule has 0 saturated heterocycles. The molecule has 0 aliphatic carbocycles. The average Bonchev–Trinajstić information content (AvgIpc) is 2.76. The maximum Gasteiger partial charge on any atom is 0.260 e. The monoisotopic (exact) mass is 216 g/mol. The van der Waals surface area contributed by atoms with Gasteiger partial charge in [0.15, 0.2) is 0 Å². The minimum atomic E-state index is -0.0953. The summed E-state index contributed by atoms with van der Waals surface area (Å²) in [4.78, 5) is 21.4. The molecule has 0 aromatic carbocycles. The summed E-state index contributed by atoms with van der Waals surface area (Å²) in [5.41, 5.74) is 2.80. The normalized spacial score (nSPS) is 16.4. The number of aromatic amines is 2. The van der Waals surface area contributed by atoms with Gasteiger partial charge in [-0.25, -0.2) is 4.98 Å². The van der Waals surface area contributed by atoms with Crippen LogP contribution >= 0.6 is 0 Å². The molecule has 82 valence electrons. The predicted molar refractivity (Wildman–Crippen MR) is 62.2 cm³/mol. The minimum absolute atomic E-state index is 0.0953. The van der Waals surface area contributed by atoms with Crippen LogP contribution in [0.15, 0.2) is 23.3 Å². The lowest BCUT2D eigenvalue weighted by atomic mass is 10.1. The van der Waals surface area contributed by atoms with E-state index in [2.05, 4.69) is 26.3 Å². The Kier molecular flexibility index (Phi) is 2.11. The van der Waals surface area contributed by atoms with Crippen molar-refractivity contribution in [1.29, 1.82) is 0 Å². The van der Waals surface area contributed by atoms with Crippen molar-refractivity contribution in [2.24, 2.45) is 0 Å². The summed E-state index contributed by atoms with van der Waals surface area (Å²) in [6.45, 7) is 1.86. The summed E-state index contributed by atoms with van der Waals surface area (Å²) in [7, 11) is 0. The fourth-order valence-electron chi connectivity index (χ4n) is 1.99. The third-order valence-electron chi connectivity index (χ3n) is 2.84. The molecule has 3 heterocycles. The molecule has 0 radical (unpaired) electrons. The summed E-state index contributed by atoms with van der Waals surface area (Å²) in [5, 5.41) is 3.88. The number of hydrogen-bond acceptors (Lipinski definition) is 3. The van der Waals surface area contributed by atoms with Crippen molar-refractivity contribution in [2.45, 2.75) is 6.42 Å². The lowest BCUT2D eigenvalue weighted by Gasteiger charge is -2.12. The highest BCUT2D eigenvalue weighted by Gasteiger charge is 2.10. The summed E-state index contributed by atoms with van der Waals surface area (Å²) in [5.74, 6) is 0. The van der Waals surface area contributed by atoms with Gasteiger partial charge in [0.05, 0.1) is 11.7 Å². The Bertz CT molecular complexity index is 608. The first-order valence-corrected chi connectivity index (χ1v) is 5.31. The first-order chi connectivity index (χ1) is 7.84. The molecule has 5 nitrogen and oxygen atoms in total. The van der Waals surface area contributed by atoms with E-state index in [1.165, 1.54) is 11.9 Å². The zero-order valence-electron chi connectivity index (χ0n) is 8.71. The molecule has 2 aromatic heterocycles. The smallest absolute Gasteiger partial charge is 0.260 e. The summed E-state index contributed by atoms with van der Waals surface area (Å²) in [6.07, 6.45) is 4.54. The molecular weight excluding hydrogens is 204 g/mol. The third-order valence-corrected chi connectivity index (χ3v) is 2.84. The second-order valence-corrected chi connectivity index (χ2v) is 3.86. The van der Waals surface area contributed by atoms with Gasteiger partial charge in [0.1, 0.15) is 5.65 Å². The molecule has 0 saturated carbocycles. The number of hydrogen-bond donors (Lipinski definition) is 3. The SMILES string of the molecule is O=c1[nH]cnc2[nH]c(C3=CCNCC3)cc12. The van der Waals surface area contributed by atoms with Crippen molar-refractivity contribution in [3.63, 3.8) is 0 Å². The summed E-state index contributed by atoms with van der Waals surface area (Å²) in [6, 6.07) is 1.87. The van der Waals surface area contributed by atoms with E-state index in [0.29, 0.717) is 11.0 Å². The fourth-order valence-corrected chi connectivity index (χ4v) is 1.99. The number of nitrogens with one attached hydrogen (secondary N) is 3. The topological polar surface area (TPSA) is 73.6 Å². The van der Waals surface area contributed by atoms with Crippen LogP contribution in [0.3, 0.4) is 0 Å². The highest BCUT2D eigenvalue weighted by Crippen LogP contribution is 2.20. The van der Waals surface area contributed by atoms with Crippen molar-refractivity contribution in [1.82, 2.24) is 20.3 Å². The van der Waals surface area contributed by atoms with Crippen LogP contribution in [0.1, 0.15) is 12.1 Å². The highest BCUT2D eigenvalue weighted by molar-refractivity contribution is 5.81. The molecule has 5 heteroatoms. The van der Waals surface area contributed by atoms with Crippen LogP contribution in [0.2, 0.25) is 0 Å². The van der Waals surface area contributed by atoms with E-state index >= 15 is 0 Å².